The molecule has 0 amide bonds. The van der Waals surface area contributed by atoms with Gasteiger partial charge in [-0.05, 0) is 30.7 Å². The Morgan fingerprint density at radius 1 is 1.20 bits per heavy atom. The lowest BCUT2D eigenvalue weighted by molar-refractivity contribution is 0.317. The Labute approximate surface area is 117 Å². The van der Waals surface area contributed by atoms with E-state index in [0.29, 0.717) is 12.3 Å². The van der Waals surface area contributed by atoms with Crippen molar-refractivity contribution < 1.29 is 4.74 Å². The van der Waals surface area contributed by atoms with Crippen LogP contribution >= 0.6 is 0 Å². The summed E-state index contributed by atoms with van der Waals surface area (Å²) < 4.78 is 7.53. The summed E-state index contributed by atoms with van der Waals surface area (Å²) in [6.07, 6.45) is 2.80. The van der Waals surface area contributed by atoms with Gasteiger partial charge in [0.05, 0.1) is 6.61 Å². The van der Waals surface area contributed by atoms with Gasteiger partial charge < -0.3 is 10.5 Å². The number of anilines is 1. The maximum Gasteiger partial charge on any atom is 0.168 e. The molecule has 0 saturated heterocycles. The van der Waals surface area contributed by atoms with Gasteiger partial charge in [-0.1, -0.05) is 19.1 Å². The molecule has 2 N–H and O–H groups in total. The van der Waals surface area contributed by atoms with E-state index in [-0.39, 0.29) is 0 Å². The Morgan fingerprint density at radius 2 is 2.10 bits per heavy atom. The predicted molar refractivity (Wildman–Crippen MR) is 78.6 cm³/mol. The van der Waals surface area contributed by atoms with Crippen LogP contribution in [-0.2, 0) is 0 Å². The predicted octanol–water partition coefficient (Wildman–Crippen LogP) is 2.77. The van der Waals surface area contributed by atoms with E-state index in [9.17, 15) is 0 Å². The first kappa shape index (κ1) is 12.5. The minimum absolute atomic E-state index is 0.678. The maximum absolute atomic E-state index is 5.82. The summed E-state index contributed by atoms with van der Waals surface area (Å²) >= 11 is 0. The third-order valence-corrected chi connectivity index (χ3v) is 2.99. The molecule has 0 radical (unpaired) electrons. The number of ether oxygens (including phenoxy) is 1. The van der Waals surface area contributed by atoms with E-state index >= 15 is 0 Å². The van der Waals surface area contributed by atoms with Crippen molar-refractivity contribution in [1.29, 1.82) is 0 Å². The molecule has 0 aliphatic carbocycles. The van der Waals surface area contributed by atoms with Crippen LogP contribution in [0.5, 0.6) is 5.75 Å². The number of benzene rings is 1. The summed E-state index contributed by atoms with van der Waals surface area (Å²) in [6, 6.07) is 11.5. The van der Waals surface area contributed by atoms with Gasteiger partial charge in [-0.25, -0.2) is 0 Å². The zero-order valence-electron chi connectivity index (χ0n) is 11.3. The van der Waals surface area contributed by atoms with Crippen LogP contribution in [0.4, 0.5) is 5.69 Å². The first-order chi connectivity index (χ1) is 9.78. The molecular weight excluding hydrogens is 252 g/mol. The van der Waals surface area contributed by atoms with E-state index < -0.39 is 0 Å². The van der Waals surface area contributed by atoms with Crippen LogP contribution in [0.15, 0.2) is 42.6 Å². The maximum atomic E-state index is 5.82. The van der Waals surface area contributed by atoms with Crippen LogP contribution in [-0.4, -0.2) is 21.2 Å². The Kier molecular flexibility index (Phi) is 3.25. The minimum Gasteiger partial charge on any atom is -0.494 e. The molecule has 0 atom stereocenters. The smallest absolute Gasteiger partial charge is 0.168 e. The quantitative estimate of drug-likeness (QED) is 0.790. The van der Waals surface area contributed by atoms with Crippen molar-refractivity contribution in [3.05, 3.63) is 42.6 Å². The topological polar surface area (TPSA) is 65.4 Å². The molecule has 0 unspecified atom stereocenters. The van der Waals surface area contributed by atoms with Gasteiger partial charge in [0.15, 0.2) is 11.5 Å². The third-order valence-electron chi connectivity index (χ3n) is 2.99. The number of nitrogen functional groups attached to an aromatic ring is 1. The fourth-order valence-electron chi connectivity index (χ4n) is 2.05. The minimum atomic E-state index is 0.678. The van der Waals surface area contributed by atoms with E-state index in [1.54, 1.807) is 0 Å². The number of nitrogens with zero attached hydrogens (tertiary/aromatic N) is 3. The fourth-order valence-corrected chi connectivity index (χ4v) is 2.05. The highest BCUT2D eigenvalue weighted by molar-refractivity contribution is 5.62. The lowest BCUT2D eigenvalue weighted by atomic mass is 10.2. The summed E-state index contributed by atoms with van der Waals surface area (Å²) in [5.74, 6) is 1.60. The molecular formula is C15H16N4O. The standard InChI is InChI=1S/C15H16N4O/c1-2-8-20-13-5-3-4-11(9-13)15-18-17-14-7-6-12(16)10-19(14)15/h3-7,9-10H,2,8,16H2,1H3. The van der Waals surface area contributed by atoms with Crippen molar-refractivity contribution in [2.24, 2.45) is 0 Å². The molecule has 5 heteroatoms. The van der Waals surface area contributed by atoms with Crippen LogP contribution in [0.25, 0.3) is 17.0 Å². The molecule has 20 heavy (non-hydrogen) atoms. The van der Waals surface area contributed by atoms with E-state index in [1.807, 2.05) is 47.0 Å². The van der Waals surface area contributed by atoms with E-state index in [1.165, 1.54) is 0 Å². The molecule has 0 aliphatic rings. The van der Waals surface area contributed by atoms with Crippen LogP contribution in [0, 0.1) is 0 Å². The molecule has 1 aromatic carbocycles. The Bertz CT molecular complexity index is 736. The zero-order chi connectivity index (χ0) is 13.9. The number of pyridine rings is 1. The van der Waals surface area contributed by atoms with Gasteiger partial charge in [0.1, 0.15) is 5.75 Å². The van der Waals surface area contributed by atoms with Gasteiger partial charge in [0, 0.05) is 17.4 Å². The average Bonchev–Trinajstić information content (AvgIpc) is 2.88. The monoisotopic (exact) mass is 268 g/mol. The van der Waals surface area contributed by atoms with E-state index in [4.69, 9.17) is 10.5 Å². The number of hydrogen-bond donors (Lipinski definition) is 1. The summed E-state index contributed by atoms with van der Waals surface area (Å²) in [7, 11) is 0. The van der Waals surface area contributed by atoms with Gasteiger partial charge in [-0.15, -0.1) is 10.2 Å². The molecule has 5 nitrogen and oxygen atoms in total. The molecule has 102 valence electrons. The lowest BCUT2D eigenvalue weighted by Crippen LogP contribution is -1.96. The molecule has 0 spiro atoms. The lowest BCUT2D eigenvalue weighted by Gasteiger charge is -2.06. The van der Waals surface area contributed by atoms with Gasteiger partial charge in [-0.2, -0.15) is 0 Å². The van der Waals surface area contributed by atoms with Crippen molar-refractivity contribution in [2.45, 2.75) is 13.3 Å². The van der Waals surface area contributed by atoms with Crippen LogP contribution < -0.4 is 10.5 Å². The van der Waals surface area contributed by atoms with Crippen molar-refractivity contribution >= 4 is 11.3 Å². The van der Waals surface area contributed by atoms with E-state index in [0.717, 1.165) is 29.2 Å². The van der Waals surface area contributed by atoms with E-state index in [2.05, 4.69) is 17.1 Å². The number of rotatable bonds is 4. The first-order valence-electron chi connectivity index (χ1n) is 6.61. The van der Waals surface area contributed by atoms with Crippen molar-refractivity contribution in [3.8, 4) is 17.1 Å². The van der Waals surface area contributed by atoms with Gasteiger partial charge in [0.2, 0.25) is 0 Å². The molecule has 2 aromatic heterocycles. The molecule has 0 saturated carbocycles. The number of fused-ring (bicyclic) bond motifs is 1. The second kappa shape index (κ2) is 5.21. The first-order valence-corrected chi connectivity index (χ1v) is 6.61. The highest BCUT2D eigenvalue weighted by atomic mass is 16.5. The molecule has 0 bridgehead atoms. The largest absolute Gasteiger partial charge is 0.494 e. The van der Waals surface area contributed by atoms with Gasteiger partial charge >= 0.3 is 0 Å². The Morgan fingerprint density at radius 3 is 2.95 bits per heavy atom. The van der Waals surface area contributed by atoms with Crippen molar-refractivity contribution in [3.63, 3.8) is 0 Å². The van der Waals surface area contributed by atoms with Gasteiger partial charge in [0.25, 0.3) is 0 Å². The molecule has 0 aliphatic heterocycles. The molecule has 3 aromatic rings. The molecule has 2 heterocycles. The summed E-state index contributed by atoms with van der Waals surface area (Å²) in [4.78, 5) is 0. The summed E-state index contributed by atoms with van der Waals surface area (Å²) in [5.41, 5.74) is 8.23. The number of nitrogens with two attached hydrogens (primary N) is 1. The second-order valence-corrected chi connectivity index (χ2v) is 4.59. The Hall–Kier alpha value is -2.56. The Balaban J connectivity index is 2.04. The fraction of sp³-hybridized carbons (Fsp3) is 0.200. The van der Waals surface area contributed by atoms with Crippen LogP contribution in [0.1, 0.15) is 13.3 Å². The average molecular weight is 268 g/mol. The second-order valence-electron chi connectivity index (χ2n) is 4.59. The van der Waals surface area contributed by atoms with Crippen molar-refractivity contribution in [2.75, 3.05) is 12.3 Å². The normalized spacial score (nSPS) is 10.8. The highest BCUT2D eigenvalue weighted by Crippen LogP contribution is 2.23. The van der Waals surface area contributed by atoms with Crippen LogP contribution in [0.3, 0.4) is 0 Å². The number of aromatic nitrogens is 3. The third kappa shape index (κ3) is 2.30. The SMILES string of the molecule is CCCOc1cccc(-c2nnc3ccc(N)cn23)c1. The van der Waals surface area contributed by atoms with Gasteiger partial charge in [-0.3, -0.25) is 4.40 Å². The highest BCUT2D eigenvalue weighted by Gasteiger charge is 2.09. The molecule has 0 fully saturated rings. The van der Waals surface area contributed by atoms with Crippen LogP contribution in [0.2, 0.25) is 0 Å². The zero-order valence-corrected chi connectivity index (χ0v) is 11.3. The summed E-state index contributed by atoms with van der Waals surface area (Å²) in [6.45, 7) is 2.79. The van der Waals surface area contributed by atoms with Crippen molar-refractivity contribution in [1.82, 2.24) is 14.6 Å². The summed E-state index contributed by atoms with van der Waals surface area (Å²) in [5, 5.41) is 8.37. The molecule has 3 rings (SSSR count). The number of hydrogen-bond acceptors (Lipinski definition) is 4.